The normalized spacial score (nSPS) is 13.3. The van der Waals surface area contributed by atoms with Crippen molar-refractivity contribution in [3.63, 3.8) is 0 Å². The minimum absolute atomic E-state index is 0.196. The summed E-state index contributed by atoms with van der Waals surface area (Å²) in [6.07, 6.45) is 2.47. The summed E-state index contributed by atoms with van der Waals surface area (Å²) in [4.78, 5) is 37.5. The van der Waals surface area contributed by atoms with Gasteiger partial charge in [-0.1, -0.05) is 35.2 Å². The van der Waals surface area contributed by atoms with Crippen LogP contribution in [0, 0.1) is 0 Å². The lowest BCUT2D eigenvalue weighted by Crippen LogP contribution is -2.31. The van der Waals surface area contributed by atoms with Crippen molar-refractivity contribution in [2.45, 2.75) is 17.2 Å². The van der Waals surface area contributed by atoms with Crippen LogP contribution in [0.2, 0.25) is 0 Å². The Balaban J connectivity index is 1.51. The average molecular weight is 362 g/mol. The predicted molar refractivity (Wildman–Crippen MR) is 91.4 cm³/mol. The van der Waals surface area contributed by atoms with Crippen LogP contribution in [0.3, 0.4) is 0 Å². The third-order valence-electron chi connectivity index (χ3n) is 3.49. The SMILES string of the molecule is CSc1nnc(NC(=O)CCCN2C(=O)c3ccccc3C2=O)s1. The number of thioether (sulfide) groups is 1. The lowest BCUT2D eigenvalue weighted by molar-refractivity contribution is -0.116. The maximum absolute atomic E-state index is 12.2. The number of nitrogens with zero attached hydrogens (tertiary/aromatic N) is 3. The van der Waals surface area contributed by atoms with Crippen molar-refractivity contribution >= 4 is 46.0 Å². The topological polar surface area (TPSA) is 92.3 Å². The molecule has 1 aromatic carbocycles. The van der Waals surface area contributed by atoms with E-state index in [4.69, 9.17) is 0 Å². The van der Waals surface area contributed by atoms with Gasteiger partial charge in [-0.3, -0.25) is 19.3 Å². The molecule has 0 radical (unpaired) electrons. The van der Waals surface area contributed by atoms with Crippen molar-refractivity contribution in [1.29, 1.82) is 0 Å². The molecule has 9 heteroatoms. The maximum atomic E-state index is 12.2. The number of carbonyl (C=O) groups excluding carboxylic acids is 3. The molecule has 1 aliphatic rings. The molecule has 3 amide bonds. The highest BCUT2D eigenvalue weighted by atomic mass is 32.2. The van der Waals surface area contributed by atoms with Gasteiger partial charge in [0.15, 0.2) is 4.34 Å². The van der Waals surface area contributed by atoms with Gasteiger partial charge in [-0.25, -0.2) is 0 Å². The number of hydrogen-bond acceptors (Lipinski definition) is 7. The summed E-state index contributed by atoms with van der Waals surface area (Å²) >= 11 is 2.76. The number of rotatable bonds is 6. The summed E-state index contributed by atoms with van der Waals surface area (Å²) in [6.45, 7) is 0.214. The van der Waals surface area contributed by atoms with E-state index < -0.39 is 0 Å². The second-order valence-electron chi connectivity index (χ2n) is 5.04. The number of carbonyl (C=O) groups is 3. The van der Waals surface area contributed by atoms with Crippen molar-refractivity contribution in [3.05, 3.63) is 35.4 Å². The van der Waals surface area contributed by atoms with E-state index in [0.717, 1.165) is 4.34 Å². The number of fused-ring (bicyclic) bond motifs is 1. The fourth-order valence-electron chi connectivity index (χ4n) is 2.36. The van der Waals surface area contributed by atoms with Crippen molar-refractivity contribution in [2.24, 2.45) is 0 Å². The van der Waals surface area contributed by atoms with Crippen molar-refractivity contribution in [2.75, 3.05) is 18.1 Å². The zero-order valence-corrected chi connectivity index (χ0v) is 14.4. The number of benzene rings is 1. The quantitative estimate of drug-likeness (QED) is 0.481. The van der Waals surface area contributed by atoms with Crippen LogP contribution >= 0.6 is 23.1 Å². The second kappa shape index (κ2) is 7.10. The number of nitrogens with one attached hydrogen (secondary N) is 1. The number of hydrogen-bond donors (Lipinski definition) is 1. The minimum Gasteiger partial charge on any atom is -0.301 e. The molecule has 0 fully saturated rings. The van der Waals surface area contributed by atoms with E-state index in [2.05, 4.69) is 15.5 Å². The maximum Gasteiger partial charge on any atom is 0.261 e. The van der Waals surface area contributed by atoms with E-state index in [-0.39, 0.29) is 30.7 Å². The smallest absolute Gasteiger partial charge is 0.261 e. The Morgan fingerprint density at radius 3 is 2.46 bits per heavy atom. The van der Waals surface area contributed by atoms with Crippen molar-refractivity contribution in [1.82, 2.24) is 15.1 Å². The largest absolute Gasteiger partial charge is 0.301 e. The van der Waals surface area contributed by atoms with E-state index in [1.54, 1.807) is 24.3 Å². The van der Waals surface area contributed by atoms with Crippen LogP contribution in [0.4, 0.5) is 5.13 Å². The molecule has 0 saturated heterocycles. The van der Waals surface area contributed by atoms with Gasteiger partial charge >= 0.3 is 0 Å². The Kier molecular flexibility index (Phi) is 4.91. The highest BCUT2D eigenvalue weighted by Gasteiger charge is 2.34. The zero-order chi connectivity index (χ0) is 17.1. The molecule has 2 aromatic rings. The molecule has 0 atom stereocenters. The first kappa shape index (κ1) is 16.6. The summed E-state index contributed by atoms with van der Waals surface area (Å²) < 4.78 is 0.774. The monoisotopic (exact) mass is 362 g/mol. The van der Waals surface area contributed by atoms with E-state index in [9.17, 15) is 14.4 Å². The van der Waals surface area contributed by atoms with Gasteiger partial charge in [0.25, 0.3) is 11.8 Å². The second-order valence-corrected chi connectivity index (χ2v) is 7.07. The summed E-state index contributed by atoms with van der Waals surface area (Å²) in [5, 5.41) is 10.9. The number of anilines is 1. The van der Waals surface area contributed by atoms with Gasteiger partial charge in [-0.2, -0.15) is 0 Å². The van der Waals surface area contributed by atoms with Crippen LogP contribution in [-0.4, -0.2) is 45.6 Å². The first-order valence-corrected chi connectivity index (χ1v) is 9.27. The zero-order valence-electron chi connectivity index (χ0n) is 12.8. The molecular formula is C15H14N4O3S2. The van der Waals surface area contributed by atoms with Gasteiger partial charge < -0.3 is 5.32 Å². The van der Waals surface area contributed by atoms with E-state index in [1.807, 2.05) is 6.26 Å². The van der Waals surface area contributed by atoms with E-state index in [0.29, 0.717) is 22.7 Å². The highest BCUT2D eigenvalue weighted by Crippen LogP contribution is 2.24. The Morgan fingerprint density at radius 2 is 1.88 bits per heavy atom. The standard InChI is InChI=1S/C15H14N4O3S2/c1-23-15-18-17-14(24-15)16-11(20)7-4-8-19-12(21)9-5-2-3-6-10(9)13(19)22/h2-3,5-6H,4,7-8H2,1H3,(H,16,17,20). The molecule has 0 aliphatic carbocycles. The van der Waals surface area contributed by atoms with Gasteiger partial charge in [-0.05, 0) is 24.8 Å². The number of aromatic nitrogens is 2. The molecule has 2 heterocycles. The van der Waals surface area contributed by atoms with Crippen molar-refractivity contribution < 1.29 is 14.4 Å². The molecule has 1 aromatic heterocycles. The molecular weight excluding hydrogens is 348 g/mol. The fourth-order valence-corrected chi connectivity index (χ4v) is 3.55. The van der Waals surface area contributed by atoms with Crippen LogP contribution in [0.1, 0.15) is 33.6 Å². The number of imide groups is 1. The summed E-state index contributed by atoms with van der Waals surface area (Å²) in [7, 11) is 0. The Labute approximate surface area is 146 Å². The van der Waals surface area contributed by atoms with Gasteiger partial charge in [0.2, 0.25) is 11.0 Å². The lowest BCUT2D eigenvalue weighted by atomic mass is 10.1. The van der Waals surface area contributed by atoms with Gasteiger partial charge in [-0.15, -0.1) is 10.2 Å². The van der Waals surface area contributed by atoms with Crippen LogP contribution in [0.15, 0.2) is 28.6 Å². The Hall–Kier alpha value is -2.26. The van der Waals surface area contributed by atoms with Crippen LogP contribution in [0.5, 0.6) is 0 Å². The molecule has 24 heavy (non-hydrogen) atoms. The van der Waals surface area contributed by atoms with Crippen LogP contribution in [0.25, 0.3) is 0 Å². The molecule has 124 valence electrons. The summed E-state index contributed by atoms with van der Waals surface area (Å²) in [5.74, 6) is -0.815. The first-order valence-electron chi connectivity index (χ1n) is 7.22. The molecule has 1 N–H and O–H groups in total. The Morgan fingerprint density at radius 1 is 1.21 bits per heavy atom. The molecule has 7 nitrogen and oxygen atoms in total. The molecule has 3 rings (SSSR count). The van der Waals surface area contributed by atoms with Gasteiger partial charge in [0.05, 0.1) is 11.1 Å². The average Bonchev–Trinajstić information content (AvgIpc) is 3.13. The third-order valence-corrected chi connectivity index (χ3v) is 5.31. The molecule has 0 saturated carbocycles. The molecule has 1 aliphatic heterocycles. The van der Waals surface area contributed by atoms with Crippen LogP contribution in [-0.2, 0) is 4.79 Å². The van der Waals surface area contributed by atoms with Gasteiger partial charge in [0, 0.05) is 13.0 Å². The fraction of sp³-hybridized carbons (Fsp3) is 0.267. The summed E-state index contributed by atoms with van der Waals surface area (Å²) in [6, 6.07) is 6.74. The lowest BCUT2D eigenvalue weighted by Gasteiger charge is -2.13. The highest BCUT2D eigenvalue weighted by molar-refractivity contribution is 8.00. The number of amides is 3. The summed E-state index contributed by atoms with van der Waals surface area (Å²) in [5.41, 5.74) is 0.843. The third kappa shape index (κ3) is 3.31. The van der Waals surface area contributed by atoms with Crippen LogP contribution < -0.4 is 5.32 Å². The predicted octanol–water partition coefficient (Wildman–Crippen LogP) is 2.27. The molecule has 0 bridgehead atoms. The minimum atomic E-state index is -0.301. The molecule has 0 spiro atoms. The Bertz CT molecular complexity index is 771. The molecule has 0 unspecified atom stereocenters. The van der Waals surface area contributed by atoms with E-state index in [1.165, 1.54) is 28.0 Å². The van der Waals surface area contributed by atoms with Gasteiger partial charge in [0.1, 0.15) is 0 Å². The van der Waals surface area contributed by atoms with Crippen molar-refractivity contribution in [3.8, 4) is 0 Å². The van der Waals surface area contributed by atoms with E-state index >= 15 is 0 Å². The first-order chi connectivity index (χ1) is 11.6.